The van der Waals surface area contributed by atoms with Gasteiger partial charge in [0.1, 0.15) is 5.60 Å². The summed E-state index contributed by atoms with van der Waals surface area (Å²) < 4.78 is 5.67. The van der Waals surface area contributed by atoms with Crippen molar-refractivity contribution in [3.05, 3.63) is 107 Å². The highest BCUT2D eigenvalue weighted by atomic mass is 16.6. The quantitative estimate of drug-likeness (QED) is 0.320. The van der Waals surface area contributed by atoms with Gasteiger partial charge in [0.2, 0.25) is 0 Å². The molecule has 0 saturated heterocycles. The molecule has 0 aliphatic rings. The van der Waals surface area contributed by atoms with Crippen molar-refractivity contribution < 1.29 is 9.53 Å². The van der Waals surface area contributed by atoms with Gasteiger partial charge in [0, 0.05) is 12.1 Å². The van der Waals surface area contributed by atoms with Gasteiger partial charge in [-0.2, -0.15) is 0 Å². The van der Waals surface area contributed by atoms with Crippen molar-refractivity contribution in [2.45, 2.75) is 51.7 Å². The fourth-order valence-electron chi connectivity index (χ4n) is 3.57. The molecule has 0 aliphatic heterocycles. The maximum absolute atomic E-state index is 12.8. The number of hydrogen-bond acceptors (Lipinski definition) is 3. The molecule has 0 fully saturated rings. The summed E-state index contributed by atoms with van der Waals surface area (Å²) in [6, 6.07) is 28.4. The monoisotopic (exact) mass is 413 g/mol. The minimum absolute atomic E-state index is 0.140. The highest BCUT2D eigenvalue weighted by Gasteiger charge is 2.29. The van der Waals surface area contributed by atoms with Crippen molar-refractivity contribution in [2.24, 2.45) is 4.99 Å². The summed E-state index contributed by atoms with van der Waals surface area (Å²) in [5.41, 5.74) is 3.85. The van der Waals surface area contributed by atoms with E-state index < -0.39 is 5.60 Å². The van der Waals surface area contributed by atoms with E-state index in [-0.39, 0.29) is 24.3 Å². The first-order valence-electron chi connectivity index (χ1n) is 10.7. The maximum atomic E-state index is 12.8. The SMILES string of the molecule is Cc1ccc([C@H](N=Cc2ccccc2)[C@H](CC(=O)OC(C)(C)C)c2ccccc2)cc1. The van der Waals surface area contributed by atoms with Crippen LogP contribution < -0.4 is 0 Å². The van der Waals surface area contributed by atoms with Crippen molar-refractivity contribution in [1.82, 2.24) is 0 Å². The number of aryl methyl sites for hydroxylation is 1. The smallest absolute Gasteiger partial charge is 0.307 e. The first-order valence-corrected chi connectivity index (χ1v) is 10.7. The Morgan fingerprint density at radius 1 is 0.871 bits per heavy atom. The number of benzene rings is 3. The Kier molecular flexibility index (Phi) is 7.41. The van der Waals surface area contributed by atoms with Gasteiger partial charge in [-0.25, -0.2) is 0 Å². The number of carbonyl (C=O) groups excluding carboxylic acids is 1. The molecule has 0 N–H and O–H groups in total. The van der Waals surface area contributed by atoms with E-state index in [2.05, 4.69) is 43.3 Å². The second kappa shape index (κ2) is 10.2. The molecular formula is C28H31NO2. The predicted molar refractivity (Wildman–Crippen MR) is 128 cm³/mol. The van der Waals surface area contributed by atoms with Crippen LogP contribution in [0.2, 0.25) is 0 Å². The van der Waals surface area contributed by atoms with Gasteiger partial charge in [-0.15, -0.1) is 0 Å². The molecule has 3 nitrogen and oxygen atoms in total. The number of esters is 1. The Hall–Kier alpha value is -3.20. The number of ether oxygens (including phenoxy) is 1. The van der Waals surface area contributed by atoms with Gasteiger partial charge in [-0.1, -0.05) is 90.5 Å². The van der Waals surface area contributed by atoms with Crippen molar-refractivity contribution in [1.29, 1.82) is 0 Å². The van der Waals surface area contributed by atoms with Crippen molar-refractivity contribution in [2.75, 3.05) is 0 Å². The van der Waals surface area contributed by atoms with Gasteiger partial charge in [-0.05, 0) is 44.4 Å². The third-order valence-corrected chi connectivity index (χ3v) is 5.02. The van der Waals surface area contributed by atoms with Crippen LogP contribution in [0.1, 0.15) is 61.4 Å². The molecule has 3 rings (SSSR count). The van der Waals surface area contributed by atoms with Crippen LogP contribution in [0.5, 0.6) is 0 Å². The minimum Gasteiger partial charge on any atom is -0.460 e. The molecule has 0 bridgehead atoms. The topological polar surface area (TPSA) is 38.7 Å². The zero-order chi connectivity index (χ0) is 22.3. The van der Waals surface area contributed by atoms with Crippen LogP contribution in [0.3, 0.4) is 0 Å². The molecule has 3 aromatic rings. The predicted octanol–water partition coefficient (Wildman–Crippen LogP) is 6.67. The Morgan fingerprint density at radius 3 is 2.03 bits per heavy atom. The number of hydrogen-bond donors (Lipinski definition) is 0. The molecule has 0 radical (unpaired) electrons. The highest BCUT2D eigenvalue weighted by Crippen LogP contribution is 2.37. The van der Waals surface area contributed by atoms with E-state index in [1.54, 1.807) is 0 Å². The fourth-order valence-corrected chi connectivity index (χ4v) is 3.57. The Balaban J connectivity index is 2.02. The van der Waals surface area contributed by atoms with E-state index in [0.29, 0.717) is 0 Å². The van der Waals surface area contributed by atoms with Crippen LogP contribution in [0.15, 0.2) is 89.9 Å². The van der Waals surface area contributed by atoms with E-state index in [4.69, 9.17) is 9.73 Å². The summed E-state index contributed by atoms with van der Waals surface area (Å²) in [5.74, 6) is -0.355. The second-order valence-electron chi connectivity index (χ2n) is 8.85. The summed E-state index contributed by atoms with van der Waals surface area (Å²) in [7, 11) is 0. The molecule has 0 aromatic heterocycles. The molecule has 31 heavy (non-hydrogen) atoms. The van der Waals surface area contributed by atoms with Crippen molar-refractivity contribution in [3.63, 3.8) is 0 Å². The van der Waals surface area contributed by atoms with Gasteiger partial charge < -0.3 is 4.74 Å². The molecular weight excluding hydrogens is 382 g/mol. The standard InChI is InChI=1S/C28H31NO2/c1-21-15-17-24(18-16-21)27(29-20-22-11-7-5-8-12-22)25(23-13-9-6-10-14-23)19-26(30)31-28(2,3)4/h5-18,20,25,27H,19H2,1-4H3/t25-,27+/m1/s1. The average molecular weight is 414 g/mol. The lowest BCUT2D eigenvalue weighted by Gasteiger charge is -2.27. The lowest BCUT2D eigenvalue weighted by molar-refractivity contribution is -0.155. The third kappa shape index (κ3) is 6.92. The normalized spacial score (nSPS) is 13.7. The second-order valence-corrected chi connectivity index (χ2v) is 8.85. The van der Waals surface area contributed by atoms with Crippen molar-refractivity contribution >= 4 is 12.2 Å². The summed E-state index contributed by atoms with van der Waals surface area (Å²) in [5, 5.41) is 0. The van der Waals surface area contributed by atoms with E-state index in [0.717, 1.165) is 16.7 Å². The van der Waals surface area contributed by atoms with E-state index in [1.165, 1.54) is 5.56 Å². The summed E-state index contributed by atoms with van der Waals surface area (Å²) in [6.07, 6.45) is 2.15. The van der Waals surface area contributed by atoms with E-state index in [1.807, 2.05) is 75.5 Å². The molecule has 3 aromatic carbocycles. The number of aliphatic imine (C=N–C) groups is 1. The van der Waals surface area contributed by atoms with Gasteiger partial charge in [0.05, 0.1) is 12.5 Å². The Morgan fingerprint density at radius 2 is 1.45 bits per heavy atom. The van der Waals surface area contributed by atoms with Crippen LogP contribution in [-0.2, 0) is 9.53 Å². The number of rotatable bonds is 7. The first kappa shape index (κ1) is 22.5. The molecule has 0 saturated carbocycles. The molecule has 0 unspecified atom stereocenters. The average Bonchev–Trinajstić information content (AvgIpc) is 2.74. The molecule has 0 aliphatic carbocycles. The zero-order valence-corrected chi connectivity index (χ0v) is 18.8. The number of nitrogens with zero attached hydrogens (tertiary/aromatic N) is 1. The Bertz CT molecular complexity index is 987. The lowest BCUT2D eigenvalue weighted by atomic mass is 9.84. The maximum Gasteiger partial charge on any atom is 0.307 e. The summed E-state index contributed by atoms with van der Waals surface area (Å²) >= 11 is 0. The summed E-state index contributed by atoms with van der Waals surface area (Å²) in [4.78, 5) is 17.8. The molecule has 2 atom stereocenters. The fraction of sp³-hybridized carbons (Fsp3) is 0.286. The molecule has 3 heteroatoms. The van der Waals surface area contributed by atoms with Crippen LogP contribution in [0, 0.1) is 6.92 Å². The van der Waals surface area contributed by atoms with Gasteiger partial charge in [0.15, 0.2) is 0 Å². The molecule has 160 valence electrons. The third-order valence-electron chi connectivity index (χ3n) is 5.02. The van der Waals surface area contributed by atoms with Crippen LogP contribution in [0.4, 0.5) is 0 Å². The first-order chi connectivity index (χ1) is 14.8. The van der Waals surface area contributed by atoms with Crippen molar-refractivity contribution in [3.8, 4) is 0 Å². The summed E-state index contributed by atoms with van der Waals surface area (Å²) in [6.45, 7) is 7.76. The molecule has 0 heterocycles. The van der Waals surface area contributed by atoms with Gasteiger partial charge in [-0.3, -0.25) is 9.79 Å². The lowest BCUT2D eigenvalue weighted by Crippen LogP contribution is -2.26. The largest absolute Gasteiger partial charge is 0.460 e. The van der Waals surface area contributed by atoms with E-state index >= 15 is 0 Å². The van der Waals surface area contributed by atoms with Crippen LogP contribution in [-0.4, -0.2) is 17.8 Å². The van der Waals surface area contributed by atoms with Crippen LogP contribution in [0.25, 0.3) is 0 Å². The highest BCUT2D eigenvalue weighted by molar-refractivity contribution is 5.80. The zero-order valence-electron chi connectivity index (χ0n) is 18.8. The minimum atomic E-state index is -0.523. The van der Waals surface area contributed by atoms with Gasteiger partial charge >= 0.3 is 5.97 Å². The van der Waals surface area contributed by atoms with E-state index in [9.17, 15) is 4.79 Å². The van der Waals surface area contributed by atoms with Crippen LogP contribution >= 0.6 is 0 Å². The van der Waals surface area contributed by atoms with Gasteiger partial charge in [0.25, 0.3) is 0 Å². The Labute approximate surface area is 185 Å². The molecule has 0 amide bonds. The molecule has 0 spiro atoms. The number of carbonyl (C=O) groups is 1.